The molecule has 20 heavy (non-hydrogen) atoms. The molecule has 2 aromatic rings. The molecule has 0 saturated carbocycles. The molecule has 0 unspecified atom stereocenters. The lowest BCUT2D eigenvalue weighted by atomic mass is 10.2. The molecule has 1 heterocycles. The summed E-state index contributed by atoms with van der Waals surface area (Å²) in [5, 5.41) is 6.79. The quantitative estimate of drug-likeness (QED) is 0.627. The molecule has 0 amide bonds. The molecule has 0 aliphatic heterocycles. The summed E-state index contributed by atoms with van der Waals surface area (Å²) >= 11 is 1.50. The number of nitrogens with one attached hydrogen (secondary N) is 1. The number of nitrogens with zero attached hydrogens (tertiary/aromatic N) is 2. The fourth-order valence-corrected chi connectivity index (χ4v) is 2.07. The second-order valence-corrected chi connectivity index (χ2v) is 4.67. The maximum atomic E-state index is 5.57. The molecular formula is C14H17N3O2S. The molecule has 0 aliphatic carbocycles. The third kappa shape index (κ3) is 3.96. The first-order valence-electron chi connectivity index (χ1n) is 6.41. The van der Waals surface area contributed by atoms with E-state index in [-0.39, 0.29) is 0 Å². The molecule has 5 nitrogen and oxygen atoms in total. The Morgan fingerprint density at radius 2 is 2.05 bits per heavy atom. The van der Waals surface area contributed by atoms with Gasteiger partial charge in [-0.05, 0) is 37.6 Å². The van der Waals surface area contributed by atoms with E-state index in [4.69, 9.17) is 9.47 Å². The number of aromatic nitrogens is 1. The Labute approximate surface area is 122 Å². The van der Waals surface area contributed by atoms with Crippen molar-refractivity contribution in [2.24, 2.45) is 5.10 Å². The maximum absolute atomic E-state index is 5.57. The lowest BCUT2D eigenvalue weighted by molar-refractivity contribution is 0.288. The van der Waals surface area contributed by atoms with Gasteiger partial charge in [0.2, 0.25) is 5.13 Å². The first-order valence-corrected chi connectivity index (χ1v) is 7.29. The van der Waals surface area contributed by atoms with E-state index in [2.05, 4.69) is 15.5 Å². The highest BCUT2D eigenvalue weighted by Crippen LogP contribution is 2.28. The Balaban J connectivity index is 2.07. The number of hydrazone groups is 1. The molecule has 6 heteroatoms. The lowest BCUT2D eigenvalue weighted by Crippen LogP contribution is -1.99. The Bertz CT molecular complexity index is 556. The normalized spacial score (nSPS) is 10.7. The number of hydrogen-bond acceptors (Lipinski definition) is 6. The van der Waals surface area contributed by atoms with Crippen LogP contribution in [0.4, 0.5) is 5.13 Å². The summed E-state index contributed by atoms with van der Waals surface area (Å²) in [4.78, 5) is 4.08. The fourth-order valence-electron chi connectivity index (χ4n) is 1.59. The van der Waals surface area contributed by atoms with Crippen LogP contribution in [0.1, 0.15) is 19.4 Å². The van der Waals surface area contributed by atoms with Crippen molar-refractivity contribution in [3.63, 3.8) is 0 Å². The van der Waals surface area contributed by atoms with Crippen molar-refractivity contribution in [3.05, 3.63) is 35.3 Å². The van der Waals surface area contributed by atoms with E-state index in [1.807, 2.05) is 37.4 Å². The molecule has 0 spiro atoms. The van der Waals surface area contributed by atoms with Crippen molar-refractivity contribution in [1.29, 1.82) is 0 Å². The molecule has 0 aliphatic rings. The number of hydrogen-bond donors (Lipinski definition) is 1. The van der Waals surface area contributed by atoms with Crippen molar-refractivity contribution in [3.8, 4) is 11.5 Å². The van der Waals surface area contributed by atoms with E-state index in [1.165, 1.54) is 11.3 Å². The zero-order valence-corrected chi connectivity index (χ0v) is 12.3. The maximum Gasteiger partial charge on any atom is 0.203 e. The smallest absolute Gasteiger partial charge is 0.203 e. The van der Waals surface area contributed by atoms with Crippen molar-refractivity contribution < 1.29 is 9.47 Å². The average molecular weight is 291 g/mol. The molecule has 1 aromatic carbocycles. The molecule has 106 valence electrons. The zero-order valence-electron chi connectivity index (χ0n) is 11.5. The third-order valence-corrected chi connectivity index (χ3v) is 3.05. The number of thiazole rings is 1. The summed E-state index contributed by atoms with van der Waals surface area (Å²) in [7, 11) is 0. The monoisotopic (exact) mass is 291 g/mol. The second-order valence-electron chi connectivity index (χ2n) is 3.78. The van der Waals surface area contributed by atoms with Gasteiger partial charge in [-0.25, -0.2) is 4.98 Å². The number of anilines is 1. The van der Waals surface area contributed by atoms with Gasteiger partial charge in [0.15, 0.2) is 11.5 Å². The average Bonchev–Trinajstić information content (AvgIpc) is 2.95. The van der Waals surface area contributed by atoms with Crippen LogP contribution in [0.25, 0.3) is 0 Å². The first kappa shape index (κ1) is 14.3. The highest BCUT2D eigenvalue weighted by atomic mass is 32.1. The summed E-state index contributed by atoms with van der Waals surface area (Å²) < 4.78 is 11.1. The highest BCUT2D eigenvalue weighted by Gasteiger charge is 2.04. The molecule has 1 N–H and O–H groups in total. The SMILES string of the molecule is CCOc1ccc(/C=N\Nc2nccs2)cc1OCC. The van der Waals surface area contributed by atoms with Gasteiger partial charge in [0.05, 0.1) is 19.4 Å². The van der Waals surface area contributed by atoms with Gasteiger partial charge in [-0.1, -0.05) is 0 Å². The molecule has 1 aromatic heterocycles. The molecule has 0 atom stereocenters. The van der Waals surface area contributed by atoms with Crippen molar-refractivity contribution in [2.75, 3.05) is 18.6 Å². The van der Waals surface area contributed by atoms with E-state index >= 15 is 0 Å². The predicted octanol–water partition coefficient (Wildman–Crippen LogP) is 3.39. The zero-order chi connectivity index (χ0) is 14.2. The first-order chi connectivity index (χ1) is 9.83. The van der Waals surface area contributed by atoms with Crippen molar-refractivity contribution in [2.45, 2.75) is 13.8 Å². The number of rotatable bonds is 7. The Morgan fingerprint density at radius 3 is 2.75 bits per heavy atom. The van der Waals surface area contributed by atoms with Crippen LogP contribution in [0.15, 0.2) is 34.9 Å². The topological polar surface area (TPSA) is 55.7 Å². The summed E-state index contributed by atoms with van der Waals surface area (Å²) in [6.07, 6.45) is 3.45. The third-order valence-electron chi connectivity index (χ3n) is 2.37. The number of benzene rings is 1. The fraction of sp³-hybridized carbons (Fsp3) is 0.286. The summed E-state index contributed by atoms with van der Waals surface area (Å²) in [5.41, 5.74) is 3.80. The van der Waals surface area contributed by atoms with Gasteiger partial charge in [-0.15, -0.1) is 11.3 Å². The van der Waals surface area contributed by atoms with Crippen LogP contribution in [0, 0.1) is 0 Å². The largest absolute Gasteiger partial charge is 0.490 e. The minimum absolute atomic E-state index is 0.595. The van der Waals surface area contributed by atoms with Gasteiger partial charge >= 0.3 is 0 Å². The molecular weight excluding hydrogens is 274 g/mol. The van der Waals surface area contributed by atoms with Crippen LogP contribution in [0.5, 0.6) is 11.5 Å². The second kappa shape index (κ2) is 7.49. The van der Waals surface area contributed by atoms with Gasteiger partial charge in [0.25, 0.3) is 0 Å². The minimum atomic E-state index is 0.595. The Hall–Kier alpha value is -2.08. The van der Waals surface area contributed by atoms with Crippen LogP contribution in [-0.4, -0.2) is 24.4 Å². The molecule has 0 saturated heterocycles. The van der Waals surface area contributed by atoms with Gasteiger partial charge in [0, 0.05) is 11.6 Å². The molecule has 0 fully saturated rings. The van der Waals surface area contributed by atoms with Crippen LogP contribution < -0.4 is 14.9 Å². The standard InChI is InChI=1S/C14H17N3O2S/c1-3-18-12-6-5-11(9-13(12)19-4-2)10-16-17-14-15-7-8-20-14/h5-10H,3-4H2,1-2H3,(H,15,17)/b16-10-. The van der Waals surface area contributed by atoms with E-state index < -0.39 is 0 Å². The van der Waals surface area contributed by atoms with Crippen LogP contribution in [0.3, 0.4) is 0 Å². The van der Waals surface area contributed by atoms with E-state index in [0.717, 1.165) is 22.2 Å². The Morgan fingerprint density at radius 1 is 1.25 bits per heavy atom. The highest BCUT2D eigenvalue weighted by molar-refractivity contribution is 7.13. The molecule has 0 bridgehead atoms. The van der Waals surface area contributed by atoms with Gasteiger partial charge in [-0.3, -0.25) is 5.43 Å². The number of ether oxygens (including phenoxy) is 2. The summed E-state index contributed by atoms with van der Waals surface area (Å²) in [6, 6.07) is 5.72. The van der Waals surface area contributed by atoms with Gasteiger partial charge in [-0.2, -0.15) is 5.10 Å². The van der Waals surface area contributed by atoms with Crippen molar-refractivity contribution >= 4 is 22.7 Å². The van der Waals surface area contributed by atoms with Crippen LogP contribution >= 0.6 is 11.3 Å². The van der Waals surface area contributed by atoms with E-state index in [1.54, 1.807) is 12.4 Å². The minimum Gasteiger partial charge on any atom is -0.490 e. The van der Waals surface area contributed by atoms with Crippen LogP contribution in [-0.2, 0) is 0 Å². The van der Waals surface area contributed by atoms with Gasteiger partial charge in [0.1, 0.15) is 0 Å². The Kier molecular flexibility index (Phi) is 5.37. The lowest BCUT2D eigenvalue weighted by Gasteiger charge is -2.11. The van der Waals surface area contributed by atoms with Crippen molar-refractivity contribution in [1.82, 2.24) is 4.98 Å². The van der Waals surface area contributed by atoms with E-state index in [9.17, 15) is 0 Å². The summed E-state index contributed by atoms with van der Waals surface area (Å²) in [6.45, 7) is 5.10. The molecule has 0 radical (unpaired) electrons. The predicted molar refractivity (Wildman–Crippen MR) is 82.1 cm³/mol. The summed E-state index contributed by atoms with van der Waals surface area (Å²) in [5.74, 6) is 1.48. The van der Waals surface area contributed by atoms with E-state index in [0.29, 0.717) is 13.2 Å². The van der Waals surface area contributed by atoms with Gasteiger partial charge < -0.3 is 9.47 Å². The molecule has 2 rings (SSSR count). The van der Waals surface area contributed by atoms with Crippen LogP contribution in [0.2, 0.25) is 0 Å².